The normalized spacial score (nSPS) is 18.3. The molecule has 104 valence electrons. The van der Waals surface area contributed by atoms with E-state index in [1.807, 2.05) is 20.8 Å². The summed E-state index contributed by atoms with van der Waals surface area (Å²) in [5, 5.41) is 11.7. The van der Waals surface area contributed by atoms with E-state index in [0.29, 0.717) is 12.3 Å². The molecule has 0 spiro atoms. The molecular weight excluding hydrogens is 232 g/mol. The molecule has 5 nitrogen and oxygen atoms in total. The largest absolute Gasteiger partial charge is 0.480 e. The highest BCUT2D eigenvalue weighted by Crippen LogP contribution is 2.34. The molecule has 1 rings (SSSR count). The SMILES string of the molecule is CC(C)CC(NC(=O)N(C)C(C)C1CC1)C(=O)O. The molecule has 0 heterocycles. The van der Waals surface area contributed by atoms with Crippen LogP contribution in [0.1, 0.15) is 40.0 Å². The summed E-state index contributed by atoms with van der Waals surface area (Å²) in [6.45, 7) is 5.90. The van der Waals surface area contributed by atoms with Crippen molar-refractivity contribution in [2.24, 2.45) is 11.8 Å². The molecule has 18 heavy (non-hydrogen) atoms. The van der Waals surface area contributed by atoms with Crippen LogP contribution >= 0.6 is 0 Å². The van der Waals surface area contributed by atoms with E-state index in [2.05, 4.69) is 5.32 Å². The predicted octanol–water partition coefficient (Wildman–Crippen LogP) is 1.93. The summed E-state index contributed by atoms with van der Waals surface area (Å²) < 4.78 is 0. The summed E-state index contributed by atoms with van der Waals surface area (Å²) in [5.41, 5.74) is 0. The number of nitrogens with zero attached hydrogens (tertiary/aromatic N) is 1. The van der Waals surface area contributed by atoms with Gasteiger partial charge in [0.25, 0.3) is 0 Å². The Bertz CT molecular complexity index is 313. The van der Waals surface area contributed by atoms with Crippen LogP contribution in [0.5, 0.6) is 0 Å². The number of amides is 2. The van der Waals surface area contributed by atoms with Crippen molar-refractivity contribution in [1.82, 2.24) is 10.2 Å². The van der Waals surface area contributed by atoms with Crippen LogP contribution in [0.25, 0.3) is 0 Å². The standard InChI is InChI=1S/C13H24N2O3/c1-8(2)7-11(12(16)17)14-13(18)15(4)9(3)10-5-6-10/h8-11H,5-7H2,1-4H3,(H,14,18)(H,16,17). The van der Waals surface area contributed by atoms with E-state index in [1.54, 1.807) is 11.9 Å². The minimum absolute atomic E-state index is 0.179. The molecule has 0 radical (unpaired) electrons. The van der Waals surface area contributed by atoms with Gasteiger partial charge in [0.05, 0.1) is 0 Å². The lowest BCUT2D eigenvalue weighted by Crippen LogP contribution is -2.50. The zero-order valence-corrected chi connectivity index (χ0v) is 11.6. The van der Waals surface area contributed by atoms with Gasteiger partial charge in [-0.05, 0) is 38.0 Å². The number of carboxylic acids is 1. The third kappa shape index (κ3) is 4.20. The van der Waals surface area contributed by atoms with E-state index in [-0.39, 0.29) is 18.0 Å². The molecule has 0 aromatic carbocycles. The maximum absolute atomic E-state index is 12.0. The quantitative estimate of drug-likeness (QED) is 0.763. The van der Waals surface area contributed by atoms with Crippen molar-refractivity contribution in [2.75, 3.05) is 7.05 Å². The average Bonchev–Trinajstić information content (AvgIpc) is 3.08. The number of urea groups is 1. The molecular formula is C13H24N2O3. The van der Waals surface area contributed by atoms with Gasteiger partial charge >= 0.3 is 12.0 Å². The van der Waals surface area contributed by atoms with Crippen LogP contribution in [0.15, 0.2) is 0 Å². The summed E-state index contributed by atoms with van der Waals surface area (Å²) in [6, 6.07) is -0.910. The van der Waals surface area contributed by atoms with Crippen LogP contribution in [0.4, 0.5) is 4.79 Å². The molecule has 0 saturated heterocycles. The number of rotatable bonds is 6. The first-order chi connectivity index (χ1) is 8.32. The number of hydrogen-bond acceptors (Lipinski definition) is 2. The van der Waals surface area contributed by atoms with Gasteiger partial charge in [0.2, 0.25) is 0 Å². The molecule has 2 amide bonds. The van der Waals surface area contributed by atoms with Gasteiger partial charge in [0, 0.05) is 13.1 Å². The van der Waals surface area contributed by atoms with Crippen molar-refractivity contribution in [3.05, 3.63) is 0 Å². The van der Waals surface area contributed by atoms with Crippen LogP contribution in [0.3, 0.4) is 0 Å². The third-order valence-electron chi connectivity index (χ3n) is 3.54. The number of nitrogens with one attached hydrogen (secondary N) is 1. The van der Waals surface area contributed by atoms with E-state index in [1.165, 1.54) is 0 Å². The van der Waals surface area contributed by atoms with Gasteiger partial charge < -0.3 is 15.3 Å². The van der Waals surface area contributed by atoms with Gasteiger partial charge in [-0.15, -0.1) is 0 Å². The second-order valence-electron chi connectivity index (χ2n) is 5.66. The van der Waals surface area contributed by atoms with Gasteiger partial charge in [0.15, 0.2) is 0 Å². The molecule has 0 bridgehead atoms. The molecule has 0 aromatic rings. The molecule has 0 aliphatic heterocycles. The zero-order valence-electron chi connectivity index (χ0n) is 11.6. The molecule has 2 atom stereocenters. The lowest BCUT2D eigenvalue weighted by Gasteiger charge is -2.27. The molecule has 1 aliphatic carbocycles. The Morgan fingerprint density at radius 2 is 1.89 bits per heavy atom. The van der Waals surface area contributed by atoms with Crippen LogP contribution < -0.4 is 5.32 Å². The first-order valence-corrected chi connectivity index (χ1v) is 6.59. The number of carboxylic acid groups (broad SMARTS) is 1. The Morgan fingerprint density at radius 1 is 1.33 bits per heavy atom. The number of hydrogen-bond donors (Lipinski definition) is 2. The van der Waals surface area contributed by atoms with Crippen molar-refractivity contribution in [2.45, 2.75) is 52.1 Å². The Morgan fingerprint density at radius 3 is 2.28 bits per heavy atom. The molecule has 2 unspecified atom stereocenters. The topological polar surface area (TPSA) is 69.6 Å². The van der Waals surface area contributed by atoms with Crippen LogP contribution in [-0.2, 0) is 4.79 Å². The second kappa shape index (κ2) is 6.07. The summed E-state index contributed by atoms with van der Waals surface area (Å²) in [7, 11) is 1.73. The molecule has 0 aromatic heterocycles. The highest BCUT2D eigenvalue weighted by atomic mass is 16.4. The Hall–Kier alpha value is -1.26. The Balaban J connectivity index is 2.51. The lowest BCUT2D eigenvalue weighted by molar-refractivity contribution is -0.139. The van der Waals surface area contributed by atoms with Crippen molar-refractivity contribution >= 4 is 12.0 Å². The second-order valence-corrected chi connectivity index (χ2v) is 5.66. The van der Waals surface area contributed by atoms with Crippen LogP contribution in [0, 0.1) is 11.8 Å². The fraction of sp³-hybridized carbons (Fsp3) is 0.846. The van der Waals surface area contributed by atoms with E-state index in [9.17, 15) is 9.59 Å². The van der Waals surface area contributed by atoms with Gasteiger partial charge in [-0.25, -0.2) is 9.59 Å². The highest BCUT2D eigenvalue weighted by Gasteiger charge is 2.33. The van der Waals surface area contributed by atoms with E-state index < -0.39 is 12.0 Å². The average molecular weight is 256 g/mol. The number of aliphatic carboxylic acids is 1. The molecule has 1 fully saturated rings. The van der Waals surface area contributed by atoms with E-state index in [4.69, 9.17) is 5.11 Å². The molecule has 2 N–H and O–H groups in total. The smallest absolute Gasteiger partial charge is 0.326 e. The van der Waals surface area contributed by atoms with Crippen molar-refractivity contribution in [3.63, 3.8) is 0 Å². The van der Waals surface area contributed by atoms with Crippen molar-refractivity contribution in [3.8, 4) is 0 Å². The van der Waals surface area contributed by atoms with Gasteiger partial charge in [-0.1, -0.05) is 13.8 Å². The highest BCUT2D eigenvalue weighted by molar-refractivity contribution is 5.82. The maximum atomic E-state index is 12.0. The molecule has 1 saturated carbocycles. The van der Waals surface area contributed by atoms with Crippen LogP contribution in [0.2, 0.25) is 0 Å². The Labute approximate surface area is 109 Å². The van der Waals surface area contributed by atoms with Gasteiger partial charge in [0.1, 0.15) is 6.04 Å². The van der Waals surface area contributed by atoms with Crippen molar-refractivity contribution in [1.29, 1.82) is 0 Å². The third-order valence-corrected chi connectivity index (χ3v) is 3.54. The summed E-state index contributed by atoms with van der Waals surface area (Å²) in [6.07, 6.45) is 2.77. The van der Waals surface area contributed by atoms with Crippen LogP contribution in [-0.4, -0.2) is 41.1 Å². The lowest BCUT2D eigenvalue weighted by atomic mass is 10.0. The number of carbonyl (C=O) groups is 2. The van der Waals surface area contributed by atoms with E-state index in [0.717, 1.165) is 12.8 Å². The summed E-state index contributed by atoms with van der Waals surface area (Å²) >= 11 is 0. The fourth-order valence-corrected chi connectivity index (χ4v) is 2.02. The monoisotopic (exact) mass is 256 g/mol. The zero-order chi connectivity index (χ0) is 13.9. The summed E-state index contributed by atoms with van der Waals surface area (Å²) in [4.78, 5) is 24.7. The summed E-state index contributed by atoms with van der Waals surface area (Å²) in [5.74, 6) is -0.156. The maximum Gasteiger partial charge on any atom is 0.326 e. The predicted molar refractivity (Wildman–Crippen MR) is 69.4 cm³/mol. The minimum Gasteiger partial charge on any atom is -0.480 e. The van der Waals surface area contributed by atoms with Gasteiger partial charge in [-0.3, -0.25) is 0 Å². The van der Waals surface area contributed by atoms with Crippen molar-refractivity contribution < 1.29 is 14.7 Å². The Kier molecular flexibility index (Phi) is 4.99. The fourth-order valence-electron chi connectivity index (χ4n) is 2.02. The minimum atomic E-state index is -0.968. The first-order valence-electron chi connectivity index (χ1n) is 6.59. The van der Waals surface area contributed by atoms with Gasteiger partial charge in [-0.2, -0.15) is 0 Å². The number of carbonyl (C=O) groups excluding carboxylic acids is 1. The first kappa shape index (κ1) is 14.8. The molecule has 5 heteroatoms. The molecule has 1 aliphatic rings. The van der Waals surface area contributed by atoms with E-state index >= 15 is 0 Å².